The number of hydrogen-bond acceptors (Lipinski definition) is 3. The summed E-state index contributed by atoms with van der Waals surface area (Å²) in [4.78, 5) is 11.2. The largest absolute Gasteiger partial charge is 0.462 e. The zero-order valence-corrected chi connectivity index (χ0v) is 15.1. The number of hydrogen-bond donors (Lipinski definition) is 1. The first-order valence-corrected chi connectivity index (χ1v) is 7.54. The van der Waals surface area contributed by atoms with E-state index < -0.39 is 60.8 Å². The molecule has 0 heterocycles. The number of amides is 1. The second-order valence-corrected chi connectivity index (χ2v) is 5.75. The van der Waals surface area contributed by atoms with Gasteiger partial charge >= 0.3 is 48.4 Å². The summed E-state index contributed by atoms with van der Waals surface area (Å²) in [5.74, 6) is -25.9. The van der Waals surface area contributed by atoms with Crippen LogP contribution in [0.4, 0.5) is 74.6 Å². The summed E-state index contributed by atoms with van der Waals surface area (Å²) in [6.07, 6.45) is -38.7. The van der Waals surface area contributed by atoms with E-state index in [0.717, 1.165) is 12.2 Å². The third-order valence-corrected chi connectivity index (χ3v) is 3.19. The molecule has 0 fully saturated rings. The predicted molar refractivity (Wildman–Crippen MR) is 66.2 cm³/mol. The van der Waals surface area contributed by atoms with Crippen molar-refractivity contribution in [2.75, 3.05) is 6.54 Å². The summed E-state index contributed by atoms with van der Waals surface area (Å²) < 4.78 is 222. The fourth-order valence-electron chi connectivity index (χ4n) is 1.52. The number of halogens is 17. The van der Waals surface area contributed by atoms with Gasteiger partial charge in [0.1, 0.15) is 0 Å². The Balaban J connectivity index is 6.67. The zero-order valence-electron chi connectivity index (χ0n) is 15.1. The standard InChI is InChI=1S/C12H8F17NO3/c1-2-3-30-4(31)5(13,8(17,18)19)32-12(28,29)7(16,10(23,24)25)33-11(26,27)6(14,15)9(20,21)22/h2-3H2,1H3,(H,30,31)/t5-,7+/m0/s1. The molecule has 0 unspecified atom stereocenters. The second kappa shape index (κ2) is 8.77. The maximum atomic E-state index is 13.9. The zero-order chi connectivity index (χ0) is 27.1. The van der Waals surface area contributed by atoms with Crippen LogP contribution in [0.1, 0.15) is 13.3 Å². The molecule has 1 amide bonds. The molecule has 33 heavy (non-hydrogen) atoms. The first-order valence-electron chi connectivity index (χ1n) is 7.54. The minimum atomic E-state index is -8.01. The lowest BCUT2D eigenvalue weighted by Gasteiger charge is -2.40. The first kappa shape index (κ1) is 31.2. The Kier molecular flexibility index (Phi) is 8.29. The van der Waals surface area contributed by atoms with E-state index in [9.17, 15) is 79.4 Å². The topological polar surface area (TPSA) is 47.6 Å². The van der Waals surface area contributed by atoms with Crippen LogP contribution in [-0.4, -0.2) is 60.8 Å². The maximum absolute atomic E-state index is 13.9. The first-order chi connectivity index (χ1) is 14.1. The minimum absolute atomic E-state index is 0.381. The normalized spacial score (nSPS) is 18.5. The minimum Gasteiger partial charge on any atom is -0.351 e. The van der Waals surface area contributed by atoms with Crippen molar-refractivity contribution in [1.82, 2.24) is 5.32 Å². The van der Waals surface area contributed by atoms with Gasteiger partial charge in [0.15, 0.2) is 0 Å². The molecular formula is C12H8F17NO3. The van der Waals surface area contributed by atoms with Gasteiger partial charge in [0.05, 0.1) is 0 Å². The highest BCUT2D eigenvalue weighted by atomic mass is 19.4. The van der Waals surface area contributed by atoms with Crippen LogP contribution in [0.25, 0.3) is 0 Å². The van der Waals surface area contributed by atoms with Gasteiger partial charge in [-0.1, -0.05) is 6.92 Å². The van der Waals surface area contributed by atoms with Crippen LogP contribution >= 0.6 is 0 Å². The predicted octanol–water partition coefficient (Wildman–Crippen LogP) is 5.39. The van der Waals surface area contributed by atoms with E-state index in [1.165, 1.54) is 4.74 Å². The summed E-state index contributed by atoms with van der Waals surface area (Å²) in [5, 5.41) is 0.831. The average Bonchev–Trinajstić information content (AvgIpc) is 2.55. The second-order valence-electron chi connectivity index (χ2n) is 5.75. The van der Waals surface area contributed by atoms with Crippen molar-refractivity contribution in [2.24, 2.45) is 0 Å². The smallest absolute Gasteiger partial charge is 0.351 e. The SMILES string of the molecule is CCCNC(=O)[C@](F)(OC(F)(F)[C@](F)(OC(F)(F)C(F)(F)C(F)(F)F)C(F)(F)F)C(F)(F)F. The molecule has 0 aliphatic heterocycles. The lowest BCUT2D eigenvalue weighted by molar-refractivity contribution is -0.548. The molecule has 0 radical (unpaired) electrons. The summed E-state index contributed by atoms with van der Waals surface area (Å²) >= 11 is 0. The molecule has 0 bridgehead atoms. The van der Waals surface area contributed by atoms with Gasteiger partial charge in [-0.3, -0.25) is 14.3 Å². The van der Waals surface area contributed by atoms with E-state index in [1.807, 2.05) is 4.74 Å². The Hall–Kier alpha value is -1.80. The molecule has 0 aromatic rings. The molecule has 1 N–H and O–H groups in total. The van der Waals surface area contributed by atoms with Gasteiger partial charge in [-0.25, -0.2) is 0 Å². The van der Waals surface area contributed by atoms with E-state index in [-0.39, 0.29) is 6.42 Å². The highest BCUT2D eigenvalue weighted by molar-refractivity contribution is 5.84. The molecule has 0 aromatic heterocycles. The van der Waals surface area contributed by atoms with Gasteiger partial charge in [-0.05, 0) is 6.42 Å². The van der Waals surface area contributed by atoms with Crippen LogP contribution in [0.5, 0.6) is 0 Å². The Morgan fingerprint density at radius 3 is 1.36 bits per heavy atom. The van der Waals surface area contributed by atoms with Crippen molar-refractivity contribution in [3.8, 4) is 0 Å². The Morgan fingerprint density at radius 2 is 1.06 bits per heavy atom. The van der Waals surface area contributed by atoms with Gasteiger partial charge in [0.2, 0.25) is 0 Å². The molecule has 0 aliphatic carbocycles. The molecule has 0 spiro atoms. The monoisotopic (exact) mass is 537 g/mol. The highest BCUT2D eigenvalue weighted by Crippen LogP contribution is 2.56. The molecular weight excluding hydrogens is 529 g/mol. The number of carbonyl (C=O) groups is 1. The Labute approximate surface area is 170 Å². The molecule has 2 atom stereocenters. The number of nitrogens with one attached hydrogen (secondary N) is 1. The number of ether oxygens (including phenoxy) is 2. The molecule has 0 aromatic carbocycles. The van der Waals surface area contributed by atoms with Crippen LogP contribution in [0.15, 0.2) is 0 Å². The van der Waals surface area contributed by atoms with Crippen LogP contribution in [0, 0.1) is 0 Å². The Morgan fingerprint density at radius 1 is 0.636 bits per heavy atom. The maximum Gasteiger partial charge on any atom is 0.462 e. The van der Waals surface area contributed by atoms with Crippen molar-refractivity contribution in [1.29, 1.82) is 0 Å². The fourth-order valence-corrected chi connectivity index (χ4v) is 1.52. The highest BCUT2D eigenvalue weighted by Gasteiger charge is 2.85. The lowest BCUT2D eigenvalue weighted by Crippen LogP contribution is -2.68. The van der Waals surface area contributed by atoms with Gasteiger partial charge in [0.25, 0.3) is 5.91 Å². The molecule has 0 saturated carbocycles. The third kappa shape index (κ3) is 5.65. The number of carbonyl (C=O) groups excluding carboxylic acids is 1. The van der Waals surface area contributed by atoms with Gasteiger partial charge < -0.3 is 5.32 Å². The van der Waals surface area contributed by atoms with E-state index in [2.05, 4.69) is 0 Å². The van der Waals surface area contributed by atoms with Gasteiger partial charge in [-0.15, -0.1) is 0 Å². The number of rotatable bonds is 9. The van der Waals surface area contributed by atoms with Crippen molar-refractivity contribution in [2.45, 2.75) is 61.7 Å². The quantitative estimate of drug-likeness (QED) is 0.402. The van der Waals surface area contributed by atoms with Crippen LogP contribution in [0.2, 0.25) is 0 Å². The van der Waals surface area contributed by atoms with Crippen molar-refractivity contribution in [3.63, 3.8) is 0 Å². The summed E-state index contributed by atoms with van der Waals surface area (Å²) in [5.41, 5.74) is 0. The summed E-state index contributed by atoms with van der Waals surface area (Å²) in [7, 11) is 0. The van der Waals surface area contributed by atoms with E-state index >= 15 is 0 Å². The average molecular weight is 537 g/mol. The van der Waals surface area contributed by atoms with Crippen molar-refractivity contribution < 1.29 is 88.9 Å². The van der Waals surface area contributed by atoms with E-state index in [0.29, 0.717) is 0 Å². The molecule has 21 heteroatoms. The van der Waals surface area contributed by atoms with Crippen LogP contribution in [0.3, 0.4) is 0 Å². The molecule has 0 saturated heterocycles. The van der Waals surface area contributed by atoms with E-state index in [1.54, 1.807) is 0 Å². The van der Waals surface area contributed by atoms with Crippen molar-refractivity contribution >= 4 is 5.91 Å². The molecule has 198 valence electrons. The fraction of sp³-hybridized carbons (Fsp3) is 0.917. The Bertz CT molecular complexity index is 699. The molecule has 0 aliphatic rings. The van der Waals surface area contributed by atoms with Crippen molar-refractivity contribution in [3.05, 3.63) is 0 Å². The number of alkyl halides is 17. The van der Waals surface area contributed by atoms with Gasteiger partial charge in [-0.2, -0.15) is 74.6 Å². The van der Waals surface area contributed by atoms with E-state index in [4.69, 9.17) is 0 Å². The summed E-state index contributed by atoms with van der Waals surface area (Å²) in [6.45, 7) is 0.0398. The lowest BCUT2D eigenvalue weighted by atomic mass is 10.2. The third-order valence-electron chi connectivity index (χ3n) is 3.19. The summed E-state index contributed by atoms with van der Waals surface area (Å²) in [6, 6.07) is 0. The van der Waals surface area contributed by atoms with Gasteiger partial charge in [0, 0.05) is 6.54 Å². The molecule has 4 nitrogen and oxygen atoms in total. The van der Waals surface area contributed by atoms with Crippen LogP contribution < -0.4 is 5.32 Å². The van der Waals surface area contributed by atoms with Crippen LogP contribution in [-0.2, 0) is 14.3 Å². The molecule has 0 rings (SSSR count).